The summed E-state index contributed by atoms with van der Waals surface area (Å²) in [7, 11) is 0. The number of pyridine rings is 1. The molecule has 3 N–H and O–H groups in total. The lowest BCUT2D eigenvalue weighted by Crippen LogP contribution is -2.12. The first-order valence-electron chi connectivity index (χ1n) is 7.52. The average Bonchev–Trinajstić information content (AvgIpc) is 3.06. The predicted molar refractivity (Wildman–Crippen MR) is 91.8 cm³/mol. The number of hydrogen-bond donors (Lipinski definition) is 2. The van der Waals surface area contributed by atoms with Gasteiger partial charge in [0.2, 0.25) is 0 Å². The first-order chi connectivity index (χ1) is 11.3. The summed E-state index contributed by atoms with van der Waals surface area (Å²) in [5.41, 5.74) is 11.4. The number of para-hydroxylation sites is 2. The second-order valence-electron chi connectivity index (χ2n) is 5.49. The zero-order valence-corrected chi connectivity index (χ0v) is 12.5. The van der Waals surface area contributed by atoms with Crippen molar-refractivity contribution in [2.45, 2.75) is 6.04 Å². The van der Waals surface area contributed by atoms with Crippen LogP contribution < -0.4 is 5.73 Å². The van der Waals surface area contributed by atoms with E-state index < -0.39 is 0 Å². The molecular formula is C19H16N4. The molecule has 1 unspecified atom stereocenters. The molecule has 0 saturated heterocycles. The van der Waals surface area contributed by atoms with E-state index >= 15 is 0 Å². The molecule has 4 heteroatoms. The molecule has 2 heterocycles. The van der Waals surface area contributed by atoms with E-state index in [1.54, 1.807) is 12.4 Å². The SMILES string of the molecule is NC(c1cccnc1)c1cccc(-c2nc3ccccc3[nH]2)c1. The number of nitrogens with zero attached hydrogens (tertiary/aromatic N) is 2. The maximum Gasteiger partial charge on any atom is 0.138 e. The van der Waals surface area contributed by atoms with E-state index in [2.05, 4.69) is 21.0 Å². The van der Waals surface area contributed by atoms with Gasteiger partial charge in [-0.25, -0.2) is 4.98 Å². The minimum Gasteiger partial charge on any atom is -0.338 e. The van der Waals surface area contributed by atoms with Crippen molar-refractivity contribution >= 4 is 11.0 Å². The summed E-state index contributed by atoms with van der Waals surface area (Å²) in [4.78, 5) is 12.1. The number of nitrogens with two attached hydrogens (primary N) is 1. The first kappa shape index (κ1) is 13.7. The lowest BCUT2D eigenvalue weighted by atomic mass is 9.99. The Bertz CT molecular complexity index is 911. The van der Waals surface area contributed by atoms with Gasteiger partial charge in [-0.1, -0.05) is 36.4 Å². The number of nitrogens with one attached hydrogen (secondary N) is 1. The standard InChI is InChI=1S/C19H16N4/c20-18(15-7-4-10-21-12-15)13-5-3-6-14(11-13)19-22-16-8-1-2-9-17(16)23-19/h1-12,18H,20H2,(H,22,23). The Morgan fingerprint density at radius 1 is 0.913 bits per heavy atom. The van der Waals surface area contributed by atoms with E-state index in [0.717, 1.165) is 33.5 Å². The van der Waals surface area contributed by atoms with Crippen LogP contribution in [0.4, 0.5) is 0 Å². The molecule has 112 valence electrons. The number of rotatable bonds is 3. The van der Waals surface area contributed by atoms with Crippen LogP contribution in [0.25, 0.3) is 22.4 Å². The van der Waals surface area contributed by atoms with Crippen molar-refractivity contribution in [2.24, 2.45) is 5.73 Å². The fourth-order valence-electron chi connectivity index (χ4n) is 2.72. The van der Waals surface area contributed by atoms with E-state index in [9.17, 15) is 0 Å². The highest BCUT2D eigenvalue weighted by molar-refractivity contribution is 5.79. The monoisotopic (exact) mass is 300 g/mol. The molecule has 1 atom stereocenters. The Hall–Kier alpha value is -2.98. The molecule has 0 bridgehead atoms. The molecule has 2 aromatic carbocycles. The van der Waals surface area contributed by atoms with Crippen LogP contribution in [-0.4, -0.2) is 15.0 Å². The summed E-state index contributed by atoms with van der Waals surface area (Å²) in [6.07, 6.45) is 3.56. The molecule has 0 aliphatic rings. The Morgan fingerprint density at radius 2 is 1.78 bits per heavy atom. The van der Waals surface area contributed by atoms with Gasteiger partial charge in [0.1, 0.15) is 5.82 Å². The van der Waals surface area contributed by atoms with E-state index in [1.165, 1.54) is 0 Å². The quantitative estimate of drug-likeness (QED) is 0.606. The van der Waals surface area contributed by atoms with Crippen molar-refractivity contribution < 1.29 is 0 Å². The van der Waals surface area contributed by atoms with Crippen LogP contribution in [0.5, 0.6) is 0 Å². The number of hydrogen-bond acceptors (Lipinski definition) is 3. The summed E-state index contributed by atoms with van der Waals surface area (Å²) in [5, 5.41) is 0. The van der Waals surface area contributed by atoms with Crippen LogP contribution in [0.3, 0.4) is 0 Å². The van der Waals surface area contributed by atoms with Crippen molar-refractivity contribution in [2.75, 3.05) is 0 Å². The predicted octanol–water partition coefficient (Wildman–Crippen LogP) is 3.67. The van der Waals surface area contributed by atoms with Crippen molar-refractivity contribution in [3.63, 3.8) is 0 Å². The molecular weight excluding hydrogens is 284 g/mol. The Balaban J connectivity index is 1.73. The molecule has 0 saturated carbocycles. The average molecular weight is 300 g/mol. The fraction of sp³-hybridized carbons (Fsp3) is 0.0526. The van der Waals surface area contributed by atoms with Gasteiger partial charge in [0.15, 0.2) is 0 Å². The second-order valence-corrected chi connectivity index (χ2v) is 5.49. The van der Waals surface area contributed by atoms with Crippen molar-refractivity contribution in [3.05, 3.63) is 84.2 Å². The minimum absolute atomic E-state index is 0.201. The molecule has 0 spiro atoms. The van der Waals surface area contributed by atoms with Gasteiger partial charge >= 0.3 is 0 Å². The third-order valence-electron chi connectivity index (χ3n) is 3.95. The van der Waals surface area contributed by atoms with Crippen LogP contribution in [0.15, 0.2) is 73.1 Å². The molecule has 2 aromatic heterocycles. The molecule has 4 nitrogen and oxygen atoms in total. The molecule has 0 aliphatic heterocycles. The highest BCUT2D eigenvalue weighted by Gasteiger charge is 2.11. The maximum atomic E-state index is 6.37. The summed E-state index contributed by atoms with van der Waals surface area (Å²) in [6, 6.07) is 19.9. The largest absolute Gasteiger partial charge is 0.338 e. The molecule has 4 aromatic rings. The molecule has 0 amide bonds. The third kappa shape index (κ3) is 2.60. The van der Waals surface area contributed by atoms with Gasteiger partial charge in [-0.3, -0.25) is 4.98 Å². The van der Waals surface area contributed by atoms with Gasteiger partial charge in [0, 0.05) is 18.0 Å². The van der Waals surface area contributed by atoms with E-state index in [1.807, 2.05) is 54.6 Å². The van der Waals surface area contributed by atoms with Gasteiger partial charge in [-0.05, 0) is 35.4 Å². The topological polar surface area (TPSA) is 67.6 Å². The molecule has 23 heavy (non-hydrogen) atoms. The van der Waals surface area contributed by atoms with E-state index in [4.69, 9.17) is 5.73 Å². The van der Waals surface area contributed by atoms with Crippen LogP contribution in [0, 0.1) is 0 Å². The van der Waals surface area contributed by atoms with Gasteiger partial charge in [-0.15, -0.1) is 0 Å². The van der Waals surface area contributed by atoms with Gasteiger partial charge in [0.05, 0.1) is 17.1 Å². The second kappa shape index (κ2) is 5.66. The Labute approximate surface area is 134 Å². The van der Waals surface area contributed by atoms with Crippen molar-refractivity contribution in [3.8, 4) is 11.4 Å². The third-order valence-corrected chi connectivity index (χ3v) is 3.95. The number of H-pyrrole nitrogens is 1. The molecule has 0 radical (unpaired) electrons. The Kier molecular flexibility index (Phi) is 3.37. The highest BCUT2D eigenvalue weighted by Crippen LogP contribution is 2.25. The highest BCUT2D eigenvalue weighted by atomic mass is 14.9. The van der Waals surface area contributed by atoms with Crippen LogP contribution >= 0.6 is 0 Å². The first-order valence-corrected chi connectivity index (χ1v) is 7.52. The smallest absolute Gasteiger partial charge is 0.138 e. The lowest BCUT2D eigenvalue weighted by Gasteiger charge is -2.12. The van der Waals surface area contributed by atoms with E-state index in [0.29, 0.717) is 0 Å². The summed E-state index contributed by atoms with van der Waals surface area (Å²) in [5.74, 6) is 0.853. The van der Waals surface area contributed by atoms with Crippen LogP contribution in [0.1, 0.15) is 17.2 Å². The Morgan fingerprint density at radius 3 is 2.61 bits per heavy atom. The number of benzene rings is 2. The summed E-state index contributed by atoms with van der Waals surface area (Å²) < 4.78 is 0. The van der Waals surface area contributed by atoms with Gasteiger partial charge in [-0.2, -0.15) is 0 Å². The zero-order valence-electron chi connectivity index (χ0n) is 12.5. The summed E-state index contributed by atoms with van der Waals surface area (Å²) >= 11 is 0. The van der Waals surface area contributed by atoms with Gasteiger partial charge in [0.25, 0.3) is 0 Å². The van der Waals surface area contributed by atoms with Crippen molar-refractivity contribution in [1.29, 1.82) is 0 Å². The summed E-state index contributed by atoms with van der Waals surface area (Å²) in [6.45, 7) is 0. The van der Waals surface area contributed by atoms with Crippen LogP contribution in [0.2, 0.25) is 0 Å². The lowest BCUT2D eigenvalue weighted by molar-refractivity contribution is 0.863. The normalized spacial score (nSPS) is 12.4. The minimum atomic E-state index is -0.201. The van der Waals surface area contributed by atoms with Crippen LogP contribution in [-0.2, 0) is 0 Å². The maximum absolute atomic E-state index is 6.37. The number of fused-ring (bicyclic) bond motifs is 1. The van der Waals surface area contributed by atoms with Gasteiger partial charge < -0.3 is 10.7 Å². The molecule has 0 aliphatic carbocycles. The van der Waals surface area contributed by atoms with E-state index in [-0.39, 0.29) is 6.04 Å². The van der Waals surface area contributed by atoms with Crippen molar-refractivity contribution in [1.82, 2.24) is 15.0 Å². The number of aromatic amines is 1. The number of imidazole rings is 1. The molecule has 4 rings (SSSR count). The number of aromatic nitrogens is 3. The fourth-order valence-corrected chi connectivity index (χ4v) is 2.72. The molecule has 0 fully saturated rings. The zero-order chi connectivity index (χ0) is 15.6.